The SMILES string of the molecule is CCc1cc(C#N)c2c(N)csc2c1. The number of nitrogens with two attached hydrogens (primary N) is 1. The predicted octanol–water partition coefficient (Wildman–Crippen LogP) is 2.92. The second-order valence-electron chi connectivity index (χ2n) is 3.17. The van der Waals surface area contributed by atoms with Gasteiger partial charge in [-0.05, 0) is 24.1 Å². The highest BCUT2D eigenvalue weighted by Gasteiger charge is 2.07. The number of nitrogens with zero attached hydrogens (tertiary/aromatic N) is 1. The fourth-order valence-corrected chi connectivity index (χ4v) is 2.48. The van der Waals surface area contributed by atoms with Gasteiger partial charge in [0.1, 0.15) is 0 Å². The van der Waals surface area contributed by atoms with Gasteiger partial charge in [-0.3, -0.25) is 0 Å². The summed E-state index contributed by atoms with van der Waals surface area (Å²) in [5, 5.41) is 11.8. The van der Waals surface area contributed by atoms with E-state index < -0.39 is 0 Å². The zero-order chi connectivity index (χ0) is 10.1. The molecule has 14 heavy (non-hydrogen) atoms. The molecule has 70 valence electrons. The van der Waals surface area contributed by atoms with Gasteiger partial charge in [-0.1, -0.05) is 6.92 Å². The minimum absolute atomic E-state index is 0.693. The number of benzene rings is 1. The normalized spacial score (nSPS) is 10.3. The first-order chi connectivity index (χ1) is 6.76. The first kappa shape index (κ1) is 9.04. The van der Waals surface area contributed by atoms with Crippen LogP contribution in [-0.4, -0.2) is 0 Å². The number of fused-ring (bicyclic) bond motifs is 1. The zero-order valence-electron chi connectivity index (χ0n) is 7.87. The van der Waals surface area contributed by atoms with E-state index in [1.165, 1.54) is 5.56 Å². The van der Waals surface area contributed by atoms with Crippen molar-refractivity contribution in [1.29, 1.82) is 5.26 Å². The van der Waals surface area contributed by atoms with Gasteiger partial charge >= 0.3 is 0 Å². The van der Waals surface area contributed by atoms with Crippen LogP contribution in [0.3, 0.4) is 0 Å². The van der Waals surface area contributed by atoms with Crippen molar-refractivity contribution in [3.8, 4) is 6.07 Å². The Morgan fingerprint density at radius 1 is 1.50 bits per heavy atom. The van der Waals surface area contributed by atoms with Gasteiger partial charge in [-0.2, -0.15) is 5.26 Å². The fraction of sp³-hybridized carbons (Fsp3) is 0.182. The quantitative estimate of drug-likeness (QED) is 0.773. The molecule has 1 heterocycles. The minimum Gasteiger partial charge on any atom is -0.398 e. The van der Waals surface area contributed by atoms with Crippen molar-refractivity contribution in [3.63, 3.8) is 0 Å². The van der Waals surface area contributed by atoms with Gasteiger partial charge in [0.25, 0.3) is 0 Å². The summed E-state index contributed by atoms with van der Waals surface area (Å²) in [6, 6.07) is 6.23. The van der Waals surface area contributed by atoms with E-state index in [4.69, 9.17) is 11.0 Å². The van der Waals surface area contributed by atoms with Crippen molar-refractivity contribution in [2.75, 3.05) is 5.73 Å². The lowest BCUT2D eigenvalue weighted by molar-refractivity contribution is 1.14. The Kier molecular flexibility index (Phi) is 2.14. The van der Waals surface area contributed by atoms with Gasteiger partial charge in [0.15, 0.2) is 0 Å². The molecule has 2 N–H and O–H groups in total. The Balaban J connectivity index is 2.84. The average molecular weight is 202 g/mol. The van der Waals surface area contributed by atoms with E-state index in [0.29, 0.717) is 11.3 Å². The molecular formula is C11H10N2S. The number of hydrogen-bond donors (Lipinski definition) is 1. The van der Waals surface area contributed by atoms with Crippen LogP contribution in [0.25, 0.3) is 10.1 Å². The summed E-state index contributed by atoms with van der Waals surface area (Å²) < 4.78 is 1.11. The van der Waals surface area contributed by atoms with Crippen LogP contribution < -0.4 is 5.73 Å². The van der Waals surface area contributed by atoms with Crippen molar-refractivity contribution in [1.82, 2.24) is 0 Å². The molecule has 0 atom stereocenters. The Morgan fingerprint density at radius 2 is 2.29 bits per heavy atom. The summed E-state index contributed by atoms with van der Waals surface area (Å²) >= 11 is 1.60. The maximum absolute atomic E-state index is 9.00. The molecule has 2 nitrogen and oxygen atoms in total. The van der Waals surface area contributed by atoms with Crippen LogP contribution in [0, 0.1) is 11.3 Å². The number of hydrogen-bond acceptors (Lipinski definition) is 3. The molecule has 0 unspecified atom stereocenters. The lowest BCUT2D eigenvalue weighted by Crippen LogP contribution is -1.87. The van der Waals surface area contributed by atoms with E-state index in [-0.39, 0.29) is 0 Å². The van der Waals surface area contributed by atoms with E-state index in [0.717, 1.165) is 16.5 Å². The molecule has 0 fully saturated rings. The number of nitrogen functional groups attached to an aromatic ring is 1. The van der Waals surface area contributed by atoms with E-state index >= 15 is 0 Å². The standard InChI is InChI=1S/C11H10N2S/c1-2-7-3-8(5-12)11-9(13)6-14-10(11)4-7/h3-4,6H,2,13H2,1H3. The summed E-state index contributed by atoms with van der Waals surface area (Å²) in [6.45, 7) is 2.08. The van der Waals surface area contributed by atoms with E-state index in [9.17, 15) is 0 Å². The molecule has 1 aromatic carbocycles. The molecule has 3 heteroatoms. The van der Waals surface area contributed by atoms with Gasteiger partial charge < -0.3 is 5.73 Å². The smallest absolute Gasteiger partial charge is 0.0999 e. The maximum Gasteiger partial charge on any atom is 0.0999 e. The number of anilines is 1. The fourth-order valence-electron chi connectivity index (χ4n) is 1.54. The number of thiophene rings is 1. The maximum atomic E-state index is 9.00. The van der Waals surface area contributed by atoms with E-state index in [1.54, 1.807) is 11.3 Å². The van der Waals surface area contributed by atoms with Gasteiger partial charge in [-0.25, -0.2) is 0 Å². The van der Waals surface area contributed by atoms with Gasteiger partial charge in [0.05, 0.1) is 17.3 Å². The van der Waals surface area contributed by atoms with Crippen molar-refractivity contribution in [2.45, 2.75) is 13.3 Å². The Morgan fingerprint density at radius 3 is 2.93 bits per heavy atom. The third-order valence-corrected chi connectivity index (χ3v) is 3.24. The summed E-state index contributed by atoms with van der Waals surface area (Å²) in [5.41, 5.74) is 8.40. The lowest BCUT2D eigenvalue weighted by atomic mass is 10.1. The second kappa shape index (κ2) is 3.32. The molecular weight excluding hydrogens is 192 g/mol. The third kappa shape index (κ3) is 1.24. The van der Waals surface area contributed by atoms with Crippen molar-refractivity contribution < 1.29 is 0 Å². The van der Waals surface area contributed by atoms with Crippen LogP contribution in [0.4, 0.5) is 5.69 Å². The highest BCUT2D eigenvalue weighted by atomic mass is 32.1. The van der Waals surface area contributed by atoms with E-state index in [1.807, 2.05) is 11.4 Å². The first-order valence-electron chi connectivity index (χ1n) is 4.46. The largest absolute Gasteiger partial charge is 0.398 e. The predicted molar refractivity (Wildman–Crippen MR) is 60.3 cm³/mol. The third-order valence-electron chi connectivity index (χ3n) is 2.29. The van der Waals surface area contributed by atoms with Crippen molar-refractivity contribution >= 4 is 27.1 Å². The summed E-state index contributed by atoms with van der Waals surface area (Å²) in [6.07, 6.45) is 0.947. The van der Waals surface area contributed by atoms with Crippen LogP contribution in [0.15, 0.2) is 17.5 Å². The van der Waals surface area contributed by atoms with Gasteiger partial charge in [0, 0.05) is 15.5 Å². The van der Waals surface area contributed by atoms with Gasteiger partial charge in [-0.15, -0.1) is 11.3 Å². The Labute approximate surface area is 86.6 Å². The highest BCUT2D eigenvalue weighted by molar-refractivity contribution is 7.17. The molecule has 0 spiro atoms. The lowest BCUT2D eigenvalue weighted by Gasteiger charge is -2.00. The number of nitriles is 1. The molecule has 0 saturated heterocycles. The molecule has 1 aromatic heterocycles. The Hall–Kier alpha value is -1.53. The number of rotatable bonds is 1. The van der Waals surface area contributed by atoms with Gasteiger partial charge in [0.2, 0.25) is 0 Å². The van der Waals surface area contributed by atoms with Crippen molar-refractivity contribution in [3.05, 3.63) is 28.6 Å². The zero-order valence-corrected chi connectivity index (χ0v) is 8.69. The summed E-state index contributed by atoms with van der Waals surface area (Å²) in [7, 11) is 0. The second-order valence-corrected chi connectivity index (χ2v) is 4.08. The topological polar surface area (TPSA) is 49.8 Å². The van der Waals surface area contributed by atoms with Crippen LogP contribution in [0.2, 0.25) is 0 Å². The van der Waals surface area contributed by atoms with Crippen LogP contribution in [0.5, 0.6) is 0 Å². The molecule has 0 bridgehead atoms. The molecule has 0 radical (unpaired) electrons. The number of aryl methyl sites for hydroxylation is 1. The molecule has 0 aliphatic heterocycles. The summed E-state index contributed by atoms with van der Waals surface area (Å²) in [5.74, 6) is 0. The molecule has 2 rings (SSSR count). The highest BCUT2D eigenvalue weighted by Crippen LogP contribution is 2.31. The molecule has 2 aromatic rings. The molecule has 0 aliphatic carbocycles. The molecule has 0 amide bonds. The Bertz CT molecular complexity index is 520. The van der Waals surface area contributed by atoms with Crippen LogP contribution >= 0.6 is 11.3 Å². The van der Waals surface area contributed by atoms with E-state index in [2.05, 4.69) is 19.1 Å². The summed E-state index contributed by atoms with van der Waals surface area (Å²) in [4.78, 5) is 0. The first-order valence-corrected chi connectivity index (χ1v) is 5.34. The average Bonchev–Trinajstić information content (AvgIpc) is 2.59. The van der Waals surface area contributed by atoms with Crippen LogP contribution in [-0.2, 0) is 6.42 Å². The molecule has 0 saturated carbocycles. The van der Waals surface area contributed by atoms with Crippen molar-refractivity contribution in [2.24, 2.45) is 0 Å². The minimum atomic E-state index is 0.693. The van der Waals surface area contributed by atoms with Crippen LogP contribution in [0.1, 0.15) is 18.1 Å². The monoisotopic (exact) mass is 202 g/mol. The molecule has 0 aliphatic rings.